The Morgan fingerprint density at radius 1 is 1.00 bits per heavy atom. The highest BCUT2D eigenvalue weighted by atomic mass is 15.1. The van der Waals surface area contributed by atoms with Crippen molar-refractivity contribution >= 4 is 5.70 Å². The summed E-state index contributed by atoms with van der Waals surface area (Å²) in [7, 11) is 0. The van der Waals surface area contributed by atoms with Crippen molar-refractivity contribution in [2.45, 2.75) is 19.3 Å². The Labute approximate surface area is 95.4 Å². The third kappa shape index (κ3) is 1.71. The molecular formula is C14H14N2. The van der Waals surface area contributed by atoms with E-state index in [9.17, 15) is 0 Å². The fraction of sp³-hybridized carbons (Fsp3) is 0.286. The number of rotatable bonds is 1. The number of nitrogens with zero attached hydrogens (tertiary/aromatic N) is 2. The third-order valence-electron chi connectivity index (χ3n) is 3.20. The second-order valence-electron chi connectivity index (χ2n) is 4.28. The van der Waals surface area contributed by atoms with Crippen molar-refractivity contribution in [1.82, 2.24) is 0 Å². The lowest BCUT2D eigenvalue weighted by Gasteiger charge is -2.00. The summed E-state index contributed by atoms with van der Waals surface area (Å²) in [5.41, 5.74) is 5.11. The van der Waals surface area contributed by atoms with E-state index >= 15 is 0 Å². The normalized spacial score (nSPS) is 19.4. The molecule has 0 radical (unpaired) electrons. The van der Waals surface area contributed by atoms with Crippen LogP contribution in [0.4, 0.5) is 0 Å². The molecule has 16 heavy (non-hydrogen) atoms. The van der Waals surface area contributed by atoms with Gasteiger partial charge in [-0.15, -0.1) is 0 Å². The van der Waals surface area contributed by atoms with Crippen molar-refractivity contribution in [3.63, 3.8) is 0 Å². The first kappa shape index (κ1) is 9.52. The molecule has 0 unspecified atom stereocenters. The number of hydrogen-bond donors (Lipinski definition) is 0. The van der Waals surface area contributed by atoms with E-state index in [1.807, 2.05) is 18.2 Å². The van der Waals surface area contributed by atoms with Crippen molar-refractivity contribution in [1.29, 1.82) is 0 Å². The van der Waals surface area contributed by atoms with Crippen LogP contribution >= 0.6 is 0 Å². The lowest BCUT2D eigenvalue weighted by Crippen LogP contribution is -1.83. The average Bonchev–Trinajstić information content (AvgIpc) is 2.68. The molecule has 0 atom stereocenters. The Morgan fingerprint density at radius 2 is 1.88 bits per heavy atom. The first-order chi connectivity index (χ1) is 7.93. The lowest BCUT2D eigenvalue weighted by molar-refractivity contribution is 0.872. The van der Waals surface area contributed by atoms with E-state index < -0.39 is 0 Å². The Hall–Kier alpha value is -1.70. The molecule has 1 aliphatic carbocycles. The Balaban J connectivity index is 2.02. The van der Waals surface area contributed by atoms with Gasteiger partial charge in [-0.05, 0) is 36.5 Å². The highest BCUT2D eigenvalue weighted by Crippen LogP contribution is 2.32. The fourth-order valence-corrected chi connectivity index (χ4v) is 2.33. The highest BCUT2D eigenvalue weighted by Gasteiger charge is 2.15. The molecule has 3 rings (SSSR count). The molecule has 2 nitrogen and oxygen atoms in total. The maximum absolute atomic E-state index is 4.32. The van der Waals surface area contributed by atoms with Crippen molar-refractivity contribution < 1.29 is 0 Å². The topological polar surface area (TPSA) is 24.7 Å². The predicted molar refractivity (Wildman–Crippen MR) is 65.0 cm³/mol. The van der Waals surface area contributed by atoms with Crippen molar-refractivity contribution in [2.75, 3.05) is 6.54 Å². The predicted octanol–water partition coefficient (Wildman–Crippen LogP) is 3.97. The molecule has 1 aromatic carbocycles. The molecule has 0 aromatic heterocycles. The molecule has 0 spiro atoms. The molecule has 0 fully saturated rings. The first-order valence-corrected chi connectivity index (χ1v) is 5.79. The summed E-state index contributed by atoms with van der Waals surface area (Å²) in [6, 6.07) is 10.3. The van der Waals surface area contributed by atoms with Gasteiger partial charge in [-0.1, -0.05) is 30.3 Å². The average molecular weight is 210 g/mol. The SMILES string of the molecule is C1=C(c2ccccc2)N=NCC2=C1CCC2. The summed E-state index contributed by atoms with van der Waals surface area (Å²) in [6.45, 7) is 0.794. The minimum Gasteiger partial charge on any atom is -0.184 e. The van der Waals surface area contributed by atoms with Crippen LogP contribution in [-0.4, -0.2) is 6.54 Å². The van der Waals surface area contributed by atoms with Gasteiger partial charge >= 0.3 is 0 Å². The lowest BCUT2D eigenvalue weighted by atomic mass is 10.1. The first-order valence-electron chi connectivity index (χ1n) is 5.79. The molecule has 0 amide bonds. The van der Waals surface area contributed by atoms with Gasteiger partial charge in [0.15, 0.2) is 0 Å². The van der Waals surface area contributed by atoms with Crippen LogP contribution in [0.3, 0.4) is 0 Å². The maximum Gasteiger partial charge on any atom is 0.0927 e. The van der Waals surface area contributed by atoms with Crippen molar-refractivity contribution in [2.24, 2.45) is 10.2 Å². The van der Waals surface area contributed by atoms with Gasteiger partial charge in [-0.2, -0.15) is 10.2 Å². The van der Waals surface area contributed by atoms with Crippen LogP contribution in [0, 0.1) is 0 Å². The molecule has 0 bridgehead atoms. The van der Waals surface area contributed by atoms with Gasteiger partial charge in [-0.25, -0.2) is 0 Å². The largest absolute Gasteiger partial charge is 0.184 e. The van der Waals surface area contributed by atoms with E-state index in [4.69, 9.17) is 0 Å². The fourth-order valence-electron chi connectivity index (χ4n) is 2.33. The zero-order chi connectivity index (χ0) is 10.8. The second kappa shape index (κ2) is 4.05. The summed E-state index contributed by atoms with van der Waals surface area (Å²) >= 11 is 0. The van der Waals surface area contributed by atoms with Crippen molar-refractivity contribution in [3.8, 4) is 0 Å². The molecule has 1 aliphatic heterocycles. The van der Waals surface area contributed by atoms with Gasteiger partial charge in [0, 0.05) is 5.56 Å². The Bertz CT molecular complexity index is 481. The third-order valence-corrected chi connectivity index (χ3v) is 3.20. The summed E-state index contributed by atoms with van der Waals surface area (Å²) in [6.07, 6.45) is 5.89. The van der Waals surface area contributed by atoms with Crippen molar-refractivity contribution in [3.05, 3.63) is 53.1 Å². The number of hydrogen-bond acceptors (Lipinski definition) is 2. The Kier molecular flexibility index (Phi) is 2.41. The zero-order valence-corrected chi connectivity index (χ0v) is 9.19. The van der Waals surface area contributed by atoms with Crippen LogP contribution in [-0.2, 0) is 0 Å². The summed E-state index contributed by atoms with van der Waals surface area (Å²) in [4.78, 5) is 0. The second-order valence-corrected chi connectivity index (χ2v) is 4.28. The standard InChI is InChI=1S/C14H14N2/c1-2-5-11(6-3-1)14-9-12-7-4-8-13(12)10-15-16-14/h1-3,5-6,9H,4,7-8,10H2. The van der Waals surface area contributed by atoms with Gasteiger partial charge in [0.25, 0.3) is 0 Å². The number of azo groups is 1. The molecule has 0 saturated heterocycles. The molecule has 1 aromatic rings. The molecule has 2 aliphatic rings. The number of allylic oxidation sites excluding steroid dienone is 2. The molecular weight excluding hydrogens is 196 g/mol. The van der Waals surface area contributed by atoms with E-state index in [1.165, 1.54) is 30.4 Å². The molecule has 0 saturated carbocycles. The smallest absolute Gasteiger partial charge is 0.0927 e. The van der Waals surface area contributed by atoms with E-state index in [-0.39, 0.29) is 0 Å². The van der Waals surface area contributed by atoms with Gasteiger partial charge < -0.3 is 0 Å². The maximum atomic E-state index is 4.32. The van der Waals surface area contributed by atoms with Gasteiger partial charge in [0.2, 0.25) is 0 Å². The minimum atomic E-state index is 0.794. The van der Waals surface area contributed by atoms with E-state index in [1.54, 1.807) is 0 Å². The van der Waals surface area contributed by atoms with Crippen LogP contribution in [0.5, 0.6) is 0 Å². The van der Waals surface area contributed by atoms with E-state index in [0.717, 1.165) is 17.8 Å². The minimum absolute atomic E-state index is 0.794. The molecule has 1 heterocycles. The van der Waals surface area contributed by atoms with Crippen LogP contribution in [0.2, 0.25) is 0 Å². The monoisotopic (exact) mass is 210 g/mol. The molecule has 2 heteroatoms. The number of benzene rings is 1. The van der Waals surface area contributed by atoms with Crippen LogP contribution in [0.15, 0.2) is 57.8 Å². The summed E-state index contributed by atoms with van der Waals surface area (Å²) in [5.74, 6) is 0. The van der Waals surface area contributed by atoms with Gasteiger partial charge in [0.1, 0.15) is 0 Å². The van der Waals surface area contributed by atoms with Crippen LogP contribution < -0.4 is 0 Å². The van der Waals surface area contributed by atoms with E-state index in [2.05, 4.69) is 28.4 Å². The summed E-state index contributed by atoms with van der Waals surface area (Å²) in [5, 5.41) is 8.59. The quantitative estimate of drug-likeness (QED) is 0.670. The van der Waals surface area contributed by atoms with Gasteiger partial charge in [0.05, 0.1) is 12.2 Å². The Morgan fingerprint density at radius 3 is 2.75 bits per heavy atom. The van der Waals surface area contributed by atoms with Gasteiger partial charge in [-0.3, -0.25) is 0 Å². The molecule has 0 N–H and O–H groups in total. The summed E-state index contributed by atoms with van der Waals surface area (Å²) < 4.78 is 0. The molecule has 80 valence electrons. The zero-order valence-electron chi connectivity index (χ0n) is 9.19. The van der Waals surface area contributed by atoms with E-state index in [0.29, 0.717) is 0 Å². The van der Waals surface area contributed by atoms with Crippen LogP contribution in [0.25, 0.3) is 5.70 Å². The highest BCUT2D eigenvalue weighted by molar-refractivity contribution is 5.67. The van der Waals surface area contributed by atoms with Crippen LogP contribution in [0.1, 0.15) is 24.8 Å².